The Morgan fingerprint density at radius 1 is 0.971 bits per heavy atom. The second kappa shape index (κ2) is 12.0. The second-order valence-electron chi connectivity index (χ2n) is 8.86. The maximum Gasteiger partial charge on any atom is 0.244 e. The number of carbonyl (C=O) groups excluding carboxylic acids is 2. The highest BCUT2D eigenvalue weighted by Gasteiger charge is 2.32. The molecular weight excluding hydrogens is 450 g/mol. The molecule has 186 valence electrons. The van der Waals surface area contributed by atoms with Crippen LogP contribution in [0.1, 0.15) is 50.3 Å². The molecule has 0 fully saturated rings. The van der Waals surface area contributed by atoms with Gasteiger partial charge < -0.3 is 10.2 Å². The molecule has 34 heavy (non-hydrogen) atoms. The molecule has 2 rings (SSSR count). The van der Waals surface area contributed by atoms with E-state index < -0.39 is 22.0 Å². The van der Waals surface area contributed by atoms with E-state index in [9.17, 15) is 18.0 Å². The topological polar surface area (TPSA) is 86.8 Å². The molecule has 1 N–H and O–H groups in total. The maximum absolute atomic E-state index is 13.6. The minimum atomic E-state index is -3.74. The Kier molecular flexibility index (Phi) is 9.67. The average molecular weight is 488 g/mol. The van der Waals surface area contributed by atoms with Gasteiger partial charge in [0.05, 0.1) is 11.9 Å². The van der Waals surface area contributed by atoms with Crippen molar-refractivity contribution in [2.45, 2.75) is 66.1 Å². The number of sulfonamides is 1. The monoisotopic (exact) mass is 487 g/mol. The van der Waals surface area contributed by atoms with Gasteiger partial charge in [0.2, 0.25) is 21.8 Å². The van der Waals surface area contributed by atoms with Crippen LogP contribution in [-0.2, 0) is 26.2 Å². The van der Waals surface area contributed by atoms with Crippen molar-refractivity contribution in [1.82, 2.24) is 10.2 Å². The number of amides is 2. The van der Waals surface area contributed by atoms with Gasteiger partial charge in [-0.05, 0) is 62.4 Å². The van der Waals surface area contributed by atoms with Gasteiger partial charge in [0.1, 0.15) is 12.6 Å². The van der Waals surface area contributed by atoms with E-state index in [2.05, 4.69) is 5.32 Å². The van der Waals surface area contributed by atoms with Gasteiger partial charge >= 0.3 is 0 Å². The summed E-state index contributed by atoms with van der Waals surface area (Å²) in [5.41, 5.74) is 3.10. The highest BCUT2D eigenvalue weighted by Crippen LogP contribution is 2.22. The maximum atomic E-state index is 13.6. The van der Waals surface area contributed by atoms with E-state index in [1.165, 1.54) is 4.90 Å². The van der Waals surface area contributed by atoms with Gasteiger partial charge in [-0.2, -0.15) is 0 Å². The molecular formula is C26H37N3O4S. The smallest absolute Gasteiger partial charge is 0.244 e. The zero-order valence-corrected chi connectivity index (χ0v) is 21.9. The number of nitrogens with zero attached hydrogens (tertiary/aromatic N) is 2. The minimum absolute atomic E-state index is 0.0296. The molecule has 2 atom stereocenters. The third-order valence-corrected chi connectivity index (χ3v) is 6.90. The van der Waals surface area contributed by atoms with Crippen LogP contribution in [0, 0.1) is 13.8 Å². The summed E-state index contributed by atoms with van der Waals surface area (Å²) in [6.07, 6.45) is 2.26. The zero-order valence-electron chi connectivity index (χ0n) is 21.0. The van der Waals surface area contributed by atoms with Crippen molar-refractivity contribution in [2.24, 2.45) is 0 Å². The van der Waals surface area contributed by atoms with Gasteiger partial charge in [-0.3, -0.25) is 13.9 Å². The van der Waals surface area contributed by atoms with Crippen LogP contribution in [0.3, 0.4) is 0 Å². The number of benzene rings is 2. The normalized spacial score (nSPS) is 13.1. The Bertz CT molecular complexity index is 1070. The minimum Gasteiger partial charge on any atom is -0.352 e. The van der Waals surface area contributed by atoms with E-state index in [1.54, 1.807) is 12.1 Å². The molecule has 0 aliphatic rings. The van der Waals surface area contributed by atoms with Crippen LogP contribution in [0.25, 0.3) is 0 Å². The van der Waals surface area contributed by atoms with E-state index in [4.69, 9.17) is 0 Å². The molecule has 2 amide bonds. The number of hydrogen-bond donors (Lipinski definition) is 1. The van der Waals surface area contributed by atoms with E-state index >= 15 is 0 Å². The summed E-state index contributed by atoms with van der Waals surface area (Å²) in [5.74, 6) is -0.668. The van der Waals surface area contributed by atoms with Crippen LogP contribution >= 0.6 is 0 Å². The van der Waals surface area contributed by atoms with Crippen molar-refractivity contribution in [3.8, 4) is 0 Å². The first kappa shape index (κ1) is 27.4. The summed E-state index contributed by atoms with van der Waals surface area (Å²) in [4.78, 5) is 28.2. The van der Waals surface area contributed by atoms with Crippen LogP contribution in [-0.4, -0.2) is 50.0 Å². The lowest BCUT2D eigenvalue weighted by Gasteiger charge is -2.33. The number of hydrogen-bond acceptors (Lipinski definition) is 4. The Hall–Kier alpha value is -2.87. The van der Waals surface area contributed by atoms with Gasteiger partial charge in [0, 0.05) is 12.6 Å². The second-order valence-corrected chi connectivity index (χ2v) is 10.8. The van der Waals surface area contributed by atoms with Crippen LogP contribution in [0.5, 0.6) is 0 Å². The van der Waals surface area contributed by atoms with Gasteiger partial charge in [-0.25, -0.2) is 8.42 Å². The SMILES string of the molecule is CC[C@@H](C)NC(=O)[C@@H](CC)N(Cc1ccccc1)C(=O)CN(c1cc(C)cc(C)c1)S(C)(=O)=O. The van der Waals surface area contributed by atoms with E-state index in [-0.39, 0.29) is 25.0 Å². The fraction of sp³-hybridized carbons (Fsp3) is 0.462. The molecule has 0 bridgehead atoms. The van der Waals surface area contributed by atoms with Gasteiger partial charge in [-0.15, -0.1) is 0 Å². The van der Waals surface area contributed by atoms with Crippen LogP contribution in [0.2, 0.25) is 0 Å². The first-order valence-electron chi connectivity index (χ1n) is 11.7. The van der Waals surface area contributed by atoms with Gasteiger partial charge in [-0.1, -0.05) is 50.2 Å². The van der Waals surface area contributed by atoms with Gasteiger partial charge in [0.15, 0.2) is 0 Å². The highest BCUT2D eigenvalue weighted by atomic mass is 32.2. The third-order valence-electron chi connectivity index (χ3n) is 5.76. The number of rotatable bonds is 11. The molecule has 7 nitrogen and oxygen atoms in total. The van der Waals surface area contributed by atoms with Crippen molar-refractivity contribution in [3.63, 3.8) is 0 Å². The zero-order chi connectivity index (χ0) is 25.5. The number of carbonyl (C=O) groups is 2. The van der Waals surface area contributed by atoms with Crippen molar-refractivity contribution in [1.29, 1.82) is 0 Å². The standard InChI is InChI=1S/C26H37N3O4S/c1-7-21(5)27-26(31)24(8-2)28(17-22-12-10-9-11-13-22)25(30)18-29(34(6,32)33)23-15-19(3)14-20(4)16-23/h9-16,21,24H,7-8,17-18H2,1-6H3,(H,27,31)/t21-,24-/m1/s1. The summed E-state index contributed by atoms with van der Waals surface area (Å²) in [7, 11) is -3.74. The Balaban J connectivity index is 2.44. The van der Waals surface area contributed by atoms with Crippen molar-refractivity contribution in [3.05, 3.63) is 65.2 Å². The van der Waals surface area contributed by atoms with Crippen LogP contribution in [0.4, 0.5) is 5.69 Å². The predicted octanol–water partition coefficient (Wildman–Crippen LogP) is 3.79. The molecule has 0 radical (unpaired) electrons. The molecule has 2 aromatic carbocycles. The number of aryl methyl sites for hydroxylation is 2. The fourth-order valence-electron chi connectivity index (χ4n) is 3.85. The Morgan fingerprint density at radius 3 is 2.06 bits per heavy atom. The lowest BCUT2D eigenvalue weighted by molar-refractivity contribution is -0.140. The quantitative estimate of drug-likeness (QED) is 0.522. The summed E-state index contributed by atoms with van der Waals surface area (Å²) < 4.78 is 26.5. The number of anilines is 1. The fourth-order valence-corrected chi connectivity index (χ4v) is 4.68. The molecule has 0 aliphatic carbocycles. The molecule has 0 aliphatic heterocycles. The molecule has 0 saturated heterocycles. The number of nitrogens with one attached hydrogen (secondary N) is 1. The molecule has 0 unspecified atom stereocenters. The van der Waals surface area contributed by atoms with Crippen molar-refractivity contribution in [2.75, 3.05) is 17.1 Å². The molecule has 0 heterocycles. The first-order chi connectivity index (χ1) is 16.0. The first-order valence-corrected chi connectivity index (χ1v) is 13.5. The highest BCUT2D eigenvalue weighted by molar-refractivity contribution is 7.92. The molecule has 0 spiro atoms. The summed E-state index contributed by atoms with van der Waals surface area (Å²) in [5, 5.41) is 2.97. The summed E-state index contributed by atoms with van der Waals surface area (Å²) in [6.45, 7) is 9.33. The van der Waals surface area contributed by atoms with Crippen LogP contribution in [0.15, 0.2) is 48.5 Å². The van der Waals surface area contributed by atoms with Gasteiger partial charge in [0.25, 0.3) is 0 Å². The molecule has 0 saturated carbocycles. The largest absolute Gasteiger partial charge is 0.352 e. The van der Waals surface area contributed by atoms with Crippen molar-refractivity contribution < 1.29 is 18.0 Å². The molecule has 0 aromatic heterocycles. The summed E-state index contributed by atoms with van der Waals surface area (Å²) >= 11 is 0. The predicted molar refractivity (Wildman–Crippen MR) is 137 cm³/mol. The van der Waals surface area contributed by atoms with E-state index in [1.807, 2.05) is 71.0 Å². The third kappa shape index (κ3) is 7.58. The lowest BCUT2D eigenvalue weighted by Crippen LogP contribution is -2.53. The lowest BCUT2D eigenvalue weighted by atomic mass is 10.1. The van der Waals surface area contributed by atoms with Crippen molar-refractivity contribution >= 4 is 27.5 Å². The molecule has 2 aromatic rings. The van der Waals surface area contributed by atoms with Crippen LogP contribution < -0.4 is 9.62 Å². The Morgan fingerprint density at radius 2 is 1.56 bits per heavy atom. The van der Waals surface area contributed by atoms with E-state index in [0.717, 1.165) is 33.7 Å². The average Bonchev–Trinajstić information content (AvgIpc) is 2.76. The van der Waals surface area contributed by atoms with E-state index in [0.29, 0.717) is 12.1 Å². The summed E-state index contributed by atoms with van der Waals surface area (Å²) in [6, 6.07) is 14.1. The molecule has 8 heteroatoms. The Labute approximate surface area is 204 Å².